The molecule has 0 spiro atoms. The highest BCUT2D eigenvalue weighted by Gasteiger charge is 2.21. The van der Waals surface area contributed by atoms with Crippen molar-refractivity contribution in [3.8, 4) is 39.9 Å². The van der Waals surface area contributed by atoms with Gasteiger partial charge in [-0.25, -0.2) is 0 Å². The topological polar surface area (TPSA) is 66.4 Å². The molecular weight excluding hydrogens is 518 g/mol. The second-order valence-electron chi connectivity index (χ2n) is 8.91. The molecule has 0 aromatic heterocycles. The van der Waals surface area contributed by atoms with Crippen molar-refractivity contribution < 1.29 is 27.9 Å². The molecule has 0 radical (unpaired) electrons. The van der Waals surface area contributed by atoms with Gasteiger partial charge in [0.25, 0.3) is 18.1 Å². The zero-order chi connectivity index (χ0) is 27.1. The average molecular weight is 551 g/mol. The first-order chi connectivity index (χ1) is 18.4. The highest BCUT2D eigenvalue weighted by molar-refractivity contribution is 7.27. The van der Waals surface area contributed by atoms with Gasteiger partial charge in [-0.3, -0.25) is 0 Å². The summed E-state index contributed by atoms with van der Waals surface area (Å²) in [5.41, 5.74) is 6.21. The normalized spacial score (nSPS) is 11.3. The predicted molar refractivity (Wildman–Crippen MR) is 155 cm³/mol. The maximum atomic E-state index is 10.2. The number of hydrogen-bond acceptors (Lipinski definition) is 6. The molecule has 6 nitrogen and oxygen atoms in total. The molecular formula is C30H32O6P2. The molecule has 4 rings (SSSR count). The monoisotopic (exact) mass is 550 g/mol. The van der Waals surface area contributed by atoms with Crippen LogP contribution < -0.4 is 22.8 Å². The van der Waals surface area contributed by atoms with Crippen molar-refractivity contribution in [2.45, 2.75) is 34.3 Å². The van der Waals surface area contributed by atoms with Gasteiger partial charge in [0.05, 0.1) is 13.7 Å². The van der Waals surface area contributed by atoms with Gasteiger partial charge in [0.2, 0.25) is 0 Å². The van der Waals surface area contributed by atoms with E-state index >= 15 is 0 Å². The Hall–Kier alpha value is -3.30. The van der Waals surface area contributed by atoms with E-state index in [9.17, 15) is 5.11 Å². The number of ether oxygens (including phenoxy) is 1. The van der Waals surface area contributed by atoms with E-state index in [0.717, 1.165) is 44.9 Å². The molecule has 0 aliphatic heterocycles. The molecule has 1 N–H and O–H groups in total. The first-order valence-electron chi connectivity index (χ1n) is 12.1. The lowest BCUT2D eigenvalue weighted by Crippen LogP contribution is -1.99. The molecule has 2 atom stereocenters. The van der Waals surface area contributed by atoms with Crippen LogP contribution in [0, 0.1) is 27.7 Å². The van der Waals surface area contributed by atoms with Crippen molar-refractivity contribution in [3.63, 3.8) is 0 Å². The molecule has 38 heavy (non-hydrogen) atoms. The maximum Gasteiger partial charge on any atom is 0.275 e. The quantitative estimate of drug-likeness (QED) is 0.191. The zero-order valence-electron chi connectivity index (χ0n) is 22.1. The van der Waals surface area contributed by atoms with Crippen LogP contribution in [0.15, 0.2) is 72.8 Å². The summed E-state index contributed by atoms with van der Waals surface area (Å²) in [5.74, 6) is 3.16. The SMILES string of the molecule is COc1cc(C)cc(-c2cc(C)cc(CO)c2OPOc2ccccc2C)c1OPOc1ccccc1C. The number of para-hydroxylation sites is 2. The van der Waals surface area contributed by atoms with Crippen molar-refractivity contribution in [2.24, 2.45) is 0 Å². The number of benzene rings is 4. The molecule has 4 aromatic rings. The average Bonchev–Trinajstić information content (AvgIpc) is 2.91. The Morgan fingerprint density at radius 1 is 0.605 bits per heavy atom. The minimum Gasteiger partial charge on any atom is -0.493 e. The molecule has 4 aromatic carbocycles. The smallest absolute Gasteiger partial charge is 0.275 e. The molecule has 0 saturated heterocycles. The molecule has 0 fully saturated rings. The van der Waals surface area contributed by atoms with Crippen LogP contribution in [0.1, 0.15) is 27.8 Å². The number of aliphatic hydroxyl groups excluding tert-OH is 1. The summed E-state index contributed by atoms with van der Waals surface area (Å²) in [6.07, 6.45) is 0. The zero-order valence-corrected chi connectivity index (χ0v) is 24.1. The fraction of sp³-hybridized carbons (Fsp3) is 0.200. The summed E-state index contributed by atoms with van der Waals surface area (Å²) in [6.45, 7) is 7.77. The summed E-state index contributed by atoms with van der Waals surface area (Å²) >= 11 is 0. The van der Waals surface area contributed by atoms with Crippen LogP contribution in [-0.2, 0) is 6.61 Å². The maximum absolute atomic E-state index is 10.2. The molecule has 0 heterocycles. The lowest BCUT2D eigenvalue weighted by Gasteiger charge is -2.20. The van der Waals surface area contributed by atoms with E-state index in [2.05, 4.69) is 0 Å². The summed E-state index contributed by atoms with van der Waals surface area (Å²) in [4.78, 5) is 0. The summed E-state index contributed by atoms with van der Waals surface area (Å²) < 4.78 is 30.0. The van der Waals surface area contributed by atoms with E-state index < -0.39 is 0 Å². The van der Waals surface area contributed by atoms with Crippen molar-refractivity contribution >= 4 is 18.1 Å². The Morgan fingerprint density at radius 2 is 1.11 bits per heavy atom. The van der Waals surface area contributed by atoms with Gasteiger partial charge in [-0.1, -0.05) is 42.5 Å². The second kappa shape index (κ2) is 13.0. The van der Waals surface area contributed by atoms with Crippen molar-refractivity contribution in [1.82, 2.24) is 0 Å². The van der Waals surface area contributed by atoms with Crippen LogP contribution in [0.25, 0.3) is 11.1 Å². The van der Waals surface area contributed by atoms with Crippen molar-refractivity contribution in [2.75, 3.05) is 7.11 Å². The van der Waals surface area contributed by atoms with E-state index in [1.165, 1.54) is 0 Å². The highest BCUT2D eigenvalue weighted by atomic mass is 31.1. The lowest BCUT2D eigenvalue weighted by atomic mass is 9.96. The largest absolute Gasteiger partial charge is 0.493 e. The minimum atomic E-state index is -0.313. The predicted octanol–water partition coefficient (Wildman–Crippen LogP) is 8.02. The molecule has 0 bridgehead atoms. The molecule has 2 unspecified atom stereocenters. The van der Waals surface area contributed by atoms with Gasteiger partial charge in [-0.15, -0.1) is 0 Å². The molecule has 8 heteroatoms. The molecule has 0 aliphatic carbocycles. The first-order valence-corrected chi connectivity index (χ1v) is 13.8. The van der Waals surface area contributed by atoms with Gasteiger partial charge in [0.15, 0.2) is 11.5 Å². The van der Waals surface area contributed by atoms with Crippen LogP contribution >= 0.6 is 18.1 Å². The first kappa shape index (κ1) is 27.7. The number of aryl methyl sites for hydroxylation is 4. The summed E-state index contributed by atoms with van der Waals surface area (Å²) in [6, 6.07) is 23.4. The van der Waals surface area contributed by atoms with E-state index in [-0.39, 0.29) is 24.7 Å². The summed E-state index contributed by atoms with van der Waals surface area (Å²) in [7, 11) is 0.999. The van der Waals surface area contributed by atoms with Crippen molar-refractivity contribution in [1.29, 1.82) is 0 Å². The Morgan fingerprint density at radius 3 is 1.63 bits per heavy atom. The Labute approximate surface area is 227 Å². The number of rotatable bonds is 11. The second-order valence-corrected chi connectivity index (χ2v) is 10.1. The van der Waals surface area contributed by atoms with Crippen LogP contribution in [0.5, 0.6) is 28.7 Å². The fourth-order valence-electron chi connectivity index (χ4n) is 4.04. The van der Waals surface area contributed by atoms with E-state index in [1.807, 2.05) is 100 Å². The van der Waals surface area contributed by atoms with Gasteiger partial charge in [-0.05, 0) is 80.3 Å². The third kappa shape index (κ3) is 6.57. The molecule has 198 valence electrons. The third-order valence-corrected chi connectivity index (χ3v) is 7.15. The van der Waals surface area contributed by atoms with Gasteiger partial charge in [0.1, 0.15) is 17.2 Å². The van der Waals surface area contributed by atoms with Gasteiger partial charge in [0, 0.05) is 16.7 Å². The number of methoxy groups -OCH3 is 1. The van der Waals surface area contributed by atoms with Gasteiger partial charge < -0.3 is 27.9 Å². The van der Waals surface area contributed by atoms with Crippen LogP contribution in [0.2, 0.25) is 0 Å². The van der Waals surface area contributed by atoms with Crippen molar-refractivity contribution in [3.05, 3.63) is 101 Å². The standard InChI is InChI=1S/C30H32O6P2/c1-19-14-23(18-31)29(35-37-33-26-12-8-6-10-21(26)3)24(15-19)25-16-20(2)17-28(32-5)30(25)36-38-34-27-13-9-7-11-22(27)4/h6-17,31,37-38H,18H2,1-5H3. The molecule has 0 aliphatic rings. The van der Waals surface area contributed by atoms with E-state index in [0.29, 0.717) is 22.8 Å². The van der Waals surface area contributed by atoms with Crippen LogP contribution in [0.3, 0.4) is 0 Å². The van der Waals surface area contributed by atoms with Gasteiger partial charge in [-0.2, -0.15) is 0 Å². The minimum absolute atomic E-state index is 0.184. The Bertz CT molecular complexity index is 1300. The van der Waals surface area contributed by atoms with E-state index in [1.54, 1.807) is 7.11 Å². The van der Waals surface area contributed by atoms with Crippen LogP contribution in [0.4, 0.5) is 0 Å². The van der Waals surface area contributed by atoms with Gasteiger partial charge >= 0.3 is 0 Å². The molecule has 0 saturated carbocycles. The van der Waals surface area contributed by atoms with Crippen LogP contribution in [-0.4, -0.2) is 12.2 Å². The number of aliphatic hydroxyl groups is 1. The van der Waals surface area contributed by atoms with E-state index in [4.69, 9.17) is 22.8 Å². The highest BCUT2D eigenvalue weighted by Crippen LogP contribution is 2.47. The summed E-state index contributed by atoms with van der Waals surface area (Å²) in [5, 5.41) is 10.2. The third-order valence-electron chi connectivity index (χ3n) is 5.97. The Balaban J connectivity index is 1.69. The lowest BCUT2D eigenvalue weighted by molar-refractivity contribution is 0.278. The number of hydrogen-bond donors (Lipinski definition) is 1. The Kier molecular flexibility index (Phi) is 9.47. The fourth-order valence-corrected chi connectivity index (χ4v) is 5.38. The molecule has 0 amide bonds.